The first-order valence-corrected chi connectivity index (χ1v) is 9.08. The van der Waals surface area contributed by atoms with Crippen molar-refractivity contribution in [3.8, 4) is 11.9 Å². The van der Waals surface area contributed by atoms with E-state index < -0.39 is 17.2 Å². The zero-order valence-corrected chi connectivity index (χ0v) is 16.4. The van der Waals surface area contributed by atoms with Crippen LogP contribution >= 0.6 is 0 Å². The number of fused-ring (bicyclic) bond motifs is 1. The minimum Gasteiger partial charge on any atom is -0.423 e. The first-order valence-electron chi connectivity index (χ1n) is 9.08. The maximum Gasteiger partial charge on any atom is 0.333 e. The van der Waals surface area contributed by atoms with E-state index in [2.05, 4.69) is 24.8 Å². The smallest absolute Gasteiger partial charge is 0.333 e. The molecule has 0 spiro atoms. The van der Waals surface area contributed by atoms with Crippen molar-refractivity contribution in [1.29, 1.82) is 5.26 Å². The molecule has 1 aliphatic heterocycles. The normalized spacial score (nSPS) is 15.6. The van der Waals surface area contributed by atoms with Gasteiger partial charge in [0.2, 0.25) is 11.8 Å². The van der Waals surface area contributed by atoms with Crippen LogP contribution in [-0.4, -0.2) is 22.2 Å². The Bertz CT molecular complexity index is 1100. The summed E-state index contributed by atoms with van der Waals surface area (Å²) in [5.41, 5.74) is 7.10. The van der Waals surface area contributed by atoms with Gasteiger partial charge in [0.05, 0.1) is 11.5 Å². The van der Waals surface area contributed by atoms with Gasteiger partial charge in [-0.3, -0.25) is 13.9 Å². The van der Waals surface area contributed by atoms with Crippen LogP contribution in [0.15, 0.2) is 45.3 Å². The number of aromatic nitrogens is 2. The minimum absolute atomic E-state index is 0.0717. The molecule has 146 valence electrons. The molecule has 2 N–H and O–H groups in total. The highest BCUT2D eigenvalue weighted by atomic mass is 16.5. The van der Waals surface area contributed by atoms with Crippen LogP contribution in [0.25, 0.3) is 0 Å². The van der Waals surface area contributed by atoms with Gasteiger partial charge in [0.1, 0.15) is 11.6 Å². The van der Waals surface area contributed by atoms with Gasteiger partial charge in [-0.15, -0.1) is 0 Å². The molecule has 0 fully saturated rings. The number of nitriles is 1. The van der Waals surface area contributed by atoms with Gasteiger partial charge in [0.25, 0.3) is 5.56 Å². The molecule has 0 amide bonds. The predicted molar refractivity (Wildman–Crippen MR) is 106 cm³/mol. The summed E-state index contributed by atoms with van der Waals surface area (Å²) in [5.74, 6) is -0.733. The summed E-state index contributed by atoms with van der Waals surface area (Å²) in [7, 11) is 2.91. The Labute approximate surface area is 162 Å². The fourth-order valence-corrected chi connectivity index (χ4v) is 3.59. The molecule has 0 radical (unpaired) electrons. The molecule has 0 saturated heterocycles. The average Bonchev–Trinajstić information content (AvgIpc) is 2.71. The lowest BCUT2D eigenvalue weighted by atomic mass is 9.85. The van der Waals surface area contributed by atoms with Gasteiger partial charge in [-0.25, -0.2) is 4.79 Å². The zero-order chi connectivity index (χ0) is 20.6. The lowest BCUT2D eigenvalue weighted by Crippen LogP contribution is -2.42. The Morgan fingerprint density at radius 2 is 1.75 bits per heavy atom. The van der Waals surface area contributed by atoms with Gasteiger partial charge in [-0.1, -0.05) is 12.1 Å². The molecule has 1 aromatic carbocycles. The SMILES string of the molecule is CCN(CC)c1ccc([C@H]2C(C#N)=C(N)Oc3c2c(=O)n(C)c(=O)n3C)cc1. The van der Waals surface area contributed by atoms with E-state index >= 15 is 0 Å². The molecule has 2 aromatic rings. The number of benzene rings is 1. The fourth-order valence-electron chi connectivity index (χ4n) is 3.59. The summed E-state index contributed by atoms with van der Waals surface area (Å²) >= 11 is 0. The first kappa shape index (κ1) is 19.3. The van der Waals surface area contributed by atoms with Gasteiger partial charge in [-0.05, 0) is 31.5 Å². The summed E-state index contributed by atoms with van der Waals surface area (Å²) in [4.78, 5) is 27.4. The van der Waals surface area contributed by atoms with Crippen LogP contribution in [0.2, 0.25) is 0 Å². The molecule has 8 heteroatoms. The summed E-state index contributed by atoms with van der Waals surface area (Å²) in [6.45, 7) is 5.89. The number of allylic oxidation sites excluding steroid dienone is 1. The standard InChI is InChI=1S/C20H23N5O3/c1-5-25(6-2)13-9-7-12(8-10-13)15-14(11-21)17(22)28-19-16(15)18(26)23(3)20(27)24(19)4/h7-10,15H,5-6,22H2,1-4H3/t15-/m0/s1. The lowest BCUT2D eigenvalue weighted by Gasteiger charge is -2.28. The van der Waals surface area contributed by atoms with Gasteiger partial charge in [0.15, 0.2) is 0 Å². The third-order valence-electron chi connectivity index (χ3n) is 5.17. The molecule has 0 saturated carbocycles. The zero-order valence-electron chi connectivity index (χ0n) is 16.4. The van der Waals surface area contributed by atoms with Crippen molar-refractivity contribution < 1.29 is 4.74 Å². The van der Waals surface area contributed by atoms with Crippen LogP contribution in [0.4, 0.5) is 5.69 Å². The van der Waals surface area contributed by atoms with E-state index in [0.717, 1.165) is 28.9 Å². The molecule has 1 aliphatic rings. The Morgan fingerprint density at radius 1 is 1.14 bits per heavy atom. The maximum absolute atomic E-state index is 12.9. The van der Waals surface area contributed by atoms with E-state index in [0.29, 0.717) is 0 Å². The number of hydrogen-bond donors (Lipinski definition) is 1. The van der Waals surface area contributed by atoms with Crippen LogP contribution in [-0.2, 0) is 14.1 Å². The lowest BCUT2D eigenvalue weighted by molar-refractivity contribution is 0.348. The van der Waals surface area contributed by atoms with Gasteiger partial charge in [-0.2, -0.15) is 5.26 Å². The molecular formula is C20H23N5O3. The molecule has 1 aromatic heterocycles. The molecule has 8 nitrogen and oxygen atoms in total. The molecule has 1 atom stereocenters. The van der Waals surface area contributed by atoms with Gasteiger partial charge >= 0.3 is 5.69 Å². The van der Waals surface area contributed by atoms with Crippen molar-refractivity contribution in [1.82, 2.24) is 9.13 Å². The minimum atomic E-state index is -0.704. The van der Waals surface area contributed by atoms with Crippen LogP contribution < -0.4 is 26.6 Å². The van der Waals surface area contributed by atoms with E-state index in [1.165, 1.54) is 18.7 Å². The number of rotatable bonds is 4. The van der Waals surface area contributed by atoms with Crippen molar-refractivity contribution in [3.05, 3.63) is 67.7 Å². The Morgan fingerprint density at radius 3 is 2.29 bits per heavy atom. The topological polar surface area (TPSA) is 106 Å². The molecule has 28 heavy (non-hydrogen) atoms. The monoisotopic (exact) mass is 381 g/mol. The fraction of sp³-hybridized carbons (Fsp3) is 0.350. The van der Waals surface area contributed by atoms with Crippen molar-refractivity contribution >= 4 is 5.69 Å². The molecule has 0 unspecified atom stereocenters. The quantitative estimate of drug-likeness (QED) is 0.851. The second kappa shape index (κ2) is 7.27. The van der Waals surface area contributed by atoms with Crippen LogP contribution in [0.1, 0.15) is 30.9 Å². The molecule has 0 aliphatic carbocycles. The number of ether oxygens (including phenoxy) is 1. The highest BCUT2D eigenvalue weighted by Crippen LogP contribution is 2.39. The summed E-state index contributed by atoms with van der Waals surface area (Å²) in [6.07, 6.45) is 0. The number of nitrogens with two attached hydrogens (primary N) is 1. The third-order valence-corrected chi connectivity index (χ3v) is 5.17. The predicted octanol–water partition coefficient (Wildman–Crippen LogP) is 1.15. The highest BCUT2D eigenvalue weighted by molar-refractivity contribution is 5.56. The number of hydrogen-bond acceptors (Lipinski definition) is 6. The first-order chi connectivity index (χ1) is 13.3. The van der Waals surface area contributed by atoms with E-state index in [1.807, 2.05) is 24.3 Å². The Hall–Kier alpha value is -3.47. The van der Waals surface area contributed by atoms with E-state index in [9.17, 15) is 14.9 Å². The van der Waals surface area contributed by atoms with Crippen LogP contribution in [0.5, 0.6) is 5.88 Å². The average molecular weight is 381 g/mol. The maximum atomic E-state index is 12.9. The second-order valence-corrected chi connectivity index (χ2v) is 6.61. The number of nitrogens with zero attached hydrogens (tertiary/aromatic N) is 4. The summed E-state index contributed by atoms with van der Waals surface area (Å²) in [5, 5.41) is 9.67. The van der Waals surface area contributed by atoms with Crippen molar-refractivity contribution in [2.24, 2.45) is 19.8 Å². The highest BCUT2D eigenvalue weighted by Gasteiger charge is 2.35. The molecule has 2 heterocycles. The Kier molecular flexibility index (Phi) is 5.01. The molecular weight excluding hydrogens is 358 g/mol. The largest absolute Gasteiger partial charge is 0.423 e. The van der Waals surface area contributed by atoms with E-state index in [4.69, 9.17) is 10.5 Å². The van der Waals surface area contributed by atoms with Gasteiger partial charge in [0, 0.05) is 32.9 Å². The molecule has 0 bridgehead atoms. The number of anilines is 1. The van der Waals surface area contributed by atoms with Crippen LogP contribution in [0, 0.1) is 11.3 Å². The van der Waals surface area contributed by atoms with Crippen molar-refractivity contribution in [3.63, 3.8) is 0 Å². The molecule has 3 rings (SSSR count). The van der Waals surface area contributed by atoms with Gasteiger partial charge < -0.3 is 15.4 Å². The van der Waals surface area contributed by atoms with Crippen molar-refractivity contribution in [2.45, 2.75) is 19.8 Å². The van der Waals surface area contributed by atoms with E-state index in [1.54, 1.807) is 0 Å². The summed E-state index contributed by atoms with van der Waals surface area (Å²) < 4.78 is 7.75. The van der Waals surface area contributed by atoms with Crippen molar-refractivity contribution in [2.75, 3.05) is 18.0 Å². The van der Waals surface area contributed by atoms with E-state index in [-0.39, 0.29) is 22.9 Å². The third kappa shape index (κ3) is 2.85. The second-order valence-electron chi connectivity index (χ2n) is 6.61. The summed E-state index contributed by atoms with van der Waals surface area (Å²) in [6, 6.07) is 9.73. The Balaban J connectivity index is 2.25. The van der Waals surface area contributed by atoms with Crippen LogP contribution in [0.3, 0.4) is 0 Å².